The van der Waals surface area contributed by atoms with Gasteiger partial charge in [0.1, 0.15) is 24.2 Å². The summed E-state index contributed by atoms with van der Waals surface area (Å²) in [5.74, 6) is -0.140. The van der Waals surface area contributed by atoms with Crippen molar-refractivity contribution < 1.29 is 24.0 Å². The van der Waals surface area contributed by atoms with Gasteiger partial charge in [0.2, 0.25) is 0 Å². The number of carboxylic acids is 1. The van der Waals surface area contributed by atoms with E-state index in [1.54, 1.807) is 6.26 Å². The Morgan fingerprint density at radius 3 is 2.87 bits per heavy atom. The molecule has 0 bridgehead atoms. The number of rotatable bonds is 8. The van der Waals surface area contributed by atoms with Crippen LogP contribution in [-0.4, -0.2) is 46.1 Å². The van der Waals surface area contributed by atoms with Crippen molar-refractivity contribution in [2.75, 3.05) is 23.9 Å². The molecule has 0 fully saturated rings. The molecule has 31 heavy (non-hydrogen) atoms. The van der Waals surface area contributed by atoms with Crippen LogP contribution in [-0.2, 0) is 38.5 Å². The van der Waals surface area contributed by atoms with Gasteiger partial charge in [-0.15, -0.1) is 0 Å². The topological polar surface area (TPSA) is 111 Å². The summed E-state index contributed by atoms with van der Waals surface area (Å²) in [7, 11) is 0. The maximum atomic E-state index is 12.5. The zero-order chi connectivity index (χ0) is 22.0. The van der Waals surface area contributed by atoms with Crippen LogP contribution in [0.2, 0.25) is 0 Å². The number of carboxylic acid groups (broad SMARTS) is 1. The van der Waals surface area contributed by atoms with E-state index in [9.17, 15) is 19.2 Å². The molecule has 2 aromatic rings. The van der Waals surface area contributed by atoms with E-state index in [4.69, 9.17) is 4.74 Å². The van der Waals surface area contributed by atoms with Gasteiger partial charge in [-0.2, -0.15) is 0 Å². The number of amides is 1. The lowest BCUT2D eigenvalue weighted by Gasteiger charge is -2.15. The highest BCUT2D eigenvalue weighted by Crippen LogP contribution is 2.41. The lowest BCUT2D eigenvalue weighted by atomic mass is 9.98. The van der Waals surface area contributed by atoms with Crippen molar-refractivity contribution in [3.63, 3.8) is 0 Å². The average molecular weight is 441 g/mol. The van der Waals surface area contributed by atoms with E-state index in [2.05, 4.69) is 10.6 Å². The van der Waals surface area contributed by atoms with E-state index in [0.29, 0.717) is 43.1 Å². The number of para-hydroxylation sites is 1. The molecular weight excluding hydrogens is 416 g/mol. The number of fused-ring (bicyclic) bond motifs is 2. The third-order valence-electron chi connectivity index (χ3n) is 5.48. The summed E-state index contributed by atoms with van der Waals surface area (Å²) in [5, 5.41) is 15.2. The van der Waals surface area contributed by atoms with Gasteiger partial charge in [0.05, 0.1) is 11.8 Å². The van der Waals surface area contributed by atoms with Gasteiger partial charge in [0, 0.05) is 28.8 Å². The Bertz CT molecular complexity index is 1050. The van der Waals surface area contributed by atoms with Crippen molar-refractivity contribution in [1.29, 1.82) is 0 Å². The second-order valence-electron chi connectivity index (χ2n) is 7.64. The zero-order valence-electron chi connectivity index (χ0n) is 17.1. The maximum Gasteiger partial charge on any atom is 0.320 e. The first-order valence-corrected chi connectivity index (χ1v) is 11.8. The second-order valence-corrected chi connectivity index (χ2v) is 9.20. The predicted molar refractivity (Wildman–Crippen MR) is 120 cm³/mol. The molecule has 4 rings (SSSR count). The van der Waals surface area contributed by atoms with Crippen LogP contribution in [0.5, 0.6) is 0 Å². The minimum Gasteiger partial charge on any atom is -0.617 e. The van der Waals surface area contributed by atoms with Crippen LogP contribution in [0.25, 0.3) is 11.3 Å². The van der Waals surface area contributed by atoms with Gasteiger partial charge >= 0.3 is 5.97 Å². The molecule has 2 unspecified atom stereocenters. The van der Waals surface area contributed by atoms with E-state index in [1.807, 2.05) is 42.5 Å². The third-order valence-corrected chi connectivity index (χ3v) is 6.29. The van der Waals surface area contributed by atoms with E-state index in [0.717, 1.165) is 27.9 Å². The molecule has 7 nitrogen and oxygen atoms in total. The first-order chi connectivity index (χ1) is 14.9. The molecule has 0 radical (unpaired) electrons. The summed E-state index contributed by atoms with van der Waals surface area (Å²) in [6.45, 7) is 0.891. The Morgan fingerprint density at radius 1 is 1.29 bits per heavy atom. The molecule has 0 spiro atoms. The Kier molecular flexibility index (Phi) is 6.31. The van der Waals surface area contributed by atoms with Crippen LogP contribution in [0.15, 0.2) is 42.5 Å². The number of ether oxygens (including phenoxy) is 1. The summed E-state index contributed by atoms with van der Waals surface area (Å²) in [6.07, 6.45) is 2.56. The Morgan fingerprint density at radius 2 is 2.10 bits per heavy atom. The van der Waals surface area contributed by atoms with Gasteiger partial charge in [-0.1, -0.05) is 47.6 Å². The first-order valence-electron chi connectivity index (χ1n) is 10.1. The Balaban J connectivity index is 1.46. The number of aliphatic carboxylic acids is 1. The van der Waals surface area contributed by atoms with Gasteiger partial charge in [0.25, 0.3) is 5.91 Å². The van der Waals surface area contributed by atoms with E-state index in [-0.39, 0.29) is 5.91 Å². The minimum atomic E-state index is -1.02. The lowest BCUT2D eigenvalue weighted by Crippen LogP contribution is -2.39. The molecule has 2 aliphatic rings. The molecule has 0 aromatic heterocycles. The monoisotopic (exact) mass is 440 g/mol. The summed E-state index contributed by atoms with van der Waals surface area (Å²) < 4.78 is 17.1. The number of benzene rings is 2. The van der Waals surface area contributed by atoms with Crippen LogP contribution in [0.4, 0.5) is 5.69 Å². The molecule has 2 aromatic carbocycles. The van der Waals surface area contributed by atoms with Gasteiger partial charge in [-0.25, -0.2) is 0 Å². The van der Waals surface area contributed by atoms with Gasteiger partial charge in [-0.3, -0.25) is 9.59 Å². The SMILES string of the molecule is C[S+]([O-])CCC(NCCc1ccc2c(c1)CO/C2=C1/C(=O)Nc2ccccc21)C(=O)O. The number of carbonyl (C=O) groups excluding carboxylic acids is 1. The molecule has 8 heteroatoms. The van der Waals surface area contributed by atoms with Gasteiger partial charge in [0.15, 0.2) is 0 Å². The normalized spacial score (nSPS) is 18.7. The molecule has 2 heterocycles. The number of hydrogen-bond acceptors (Lipinski definition) is 5. The Labute approximate surface area is 183 Å². The van der Waals surface area contributed by atoms with Crippen LogP contribution < -0.4 is 10.6 Å². The molecule has 2 aliphatic heterocycles. The first kappa shape index (κ1) is 21.4. The number of hydrogen-bond donors (Lipinski definition) is 3. The van der Waals surface area contributed by atoms with Crippen molar-refractivity contribution >= 4 is 40.1 Å². The van der Waals surface area contributed by atoms with Crippen molar-refractivity contribution in [3.05, 3.63) is 64.7 Å². The van der Waals surface area contributed by atoms with Crippen LogP contribution in [0.1, 0.15) is 28.7 Å². The van der Waals surface area contributed by atoms with E-state index < -0.39 is 23.2 Å². The van der Waals surface area contributed by atoms with Crippen molar-refractivity contribution in [3.8, 4) is 0 Å². The van der Waals surface area contributed by atoms with Crippen LogP contribution >= 0.6 is 0 Å². The highest BCUT2D eigenvalue weighted by Gasteiger charge is 2.32. The quantitative estimate of drug-likeness (QED) is 0.429. The standard InChI is InChI=1S/C23H24N2O5S/c1-31(29)11-9-19(23(27)28)24-10-8-14-6-7-16-15(12-14)13-30-21(16)20-17-4-2-3-5-18(17)25-22(20)26/h2-7,12,19,24H,8-11,13H2,1H3,(H,25,26)(H,27,28)/b21-20+. The fraction of sp³-hybridized carbons (Fsp3) is 0.304. The minimum absolute atomic E-state index is 0.162. The van der Waals surface area contributed by atoms with Crippen LogP contribution in [0.3, 0.4) is 0 Å². The molecule has 1 amide bonds. The predicted octanol–water partition coefficient (Wildman–Crippen LogP) is 2.39. The van der Waals surface area contributed by atoms with E-state index in [1.165, 1.54) is 0 Å². The fourth-order valence-electron chi connectivity index (χ4n) is 3.91. The van der Waals surface area contributed by atoms with Gasteiger partial charge < -0.3 is 25.0 Å². The lowest BCUT2D eigenvalue weighted by molar-refractivity contribution is -0.139. The summed E-state index contributed by atoms with van der Waals surface area (Å²) in [5.41, 5.74) is 5.16. The smallest absolute Gasteiger partial charge is 0.320 e. The zero-order valence-corrected chi connectivity index (χ0v) is 18.0. The highest BCUT2D eigenvalue weighted by atomic mass is 32.2. The summed E-state index contributed by atoms with van der Waals surface area (Å²) in [6, 6.07) is 12.8. The number of anilines is 1. The summed E-state index contributed by atoms with van der Waals surface area (Å²) >= 11 is -1.02. The average Bonchev–Trinajstić information content (AvgIpc) is 3.29. The molecule has 0 saturated carbocycles. The largest absolute Gasteiger partial charge is 0.617 e. The third kappa shape index (κ3) is 4.61. The number of carbonyl (C=O) groups is 2. The second kappa shape index (κ2) is 9.13. The molecule has 0 aliphatic carbocycles. The molecule has 2 atom stereocenters. The summed E-state index contributed by atoms with van der Waals surface area (Å²) in [4.78, 5) is 23.9. The maximum absolute atomic E-state index is 12.5. The molecule has 0 saturated heterocycles. The van der Waals surface area contributed by atoms with Crippen molar-refractivity contribution in [1.82, 2.24) is 5.32 Å². The van der Waals surface area contributed by atoms with Crippen molar-refractivity contribution in [2.24, 2.45) is 0 Å². The van der Waals surface area contributed by atoms with E-state index >= 15 is 0 Å². The van der Waals surface area contributed by atoms with Gasteiger partial charge in [-0.05, 0) is 24.6 Å². The highest BCUT2D eigenvalue weighted by molar-refractivity contribution is 7.90. The van der Waals surface area contributed by atoms with Crippen molar-refractivity contribution in [2.45, 2.75) is 25.5 Å². The van der Waals surface area contributed by atoms with Crippen LogP contribution in [0, 0.1) is 0 Å². The molecular formula is C23H24N2O5S. The molecule has 162 valence electrons. The fourth-order valence-corrected chi connectivity index (χ4v) is 4.48. The Hall–Kier alpha value is -2.81. The number of nitrogens with one attached hydrogen (secondary N) is 2. The molecule has 3 N–H and O–H groups in total.